The summed E-state index contributed by atoms with van der Waals surface area (Å²) in [5, 5.41) is 8.57. The van der Waals surface area contributed by atoms with Crippen LogP contribution in [0.15, 0.2) is 53.0 Å². The molecule has 0 saturated carbocycles. The van der Waals surface area contributed by atoms with Crippen LogP contribution in [0, 0.1) is 5.92 Å². The molecule has 0 atom stereocenters. The van der Waals surface area contributed by atoms with Crippen LogP contribution in [0.3, 0.4) is 0 Å². The Morgan fingerprint density at radius 2 is 1.60 bits per heavy atom. The molecule has 0 bridgehead atoms. The quantitative estimate of drug-likeness (QED) is 0.650. The lowest BCUT2D eigenvalue weighted by molar-refractivity contribution is -0.118. The van der Waals surface area contributed by atoms with Crippen molar-refractivity contribution >= 4 is 56.4 Å². The second-order valence-electron chi connectivity index (χ2n) is 5.64. The summed E-state index contributed by atoms with van der Waals surface area (Å²) >= 11 is 8.48. The minimum atomic E-state index is -0.292. The SMILES string of the molecule is CC(C)C(=O)Nc1ccc(NC(=S)NC(=O)c2cccc(Br)c2)cc1. The molecule has 0 heterocycles. The van der Waals surface area contributed by atoms with Crippen LogP contribution in [0.4, 0.5) is 11.4 Å². The van der Waals surface area contributed by atoms with E-state index in [2.05, 4.69) is 31.9 Å². The predicted octanol–water partition coefficient (Wildman–Crippen LogP) is 4.17. The lowest BCUT2D eigenvalue weighted by atomic mass is 10.2. The molecule has 0 aromatic heterocycles. The second kappa shape index (κ2) is 8.73. The summed E-state index contributed by atoms with van der Waals surface area (Å²) in [5.41, 5.74) is 1.92. The fourth-order valence-electron chi connectivity index (χ4n) is 1.89. The number of carbonyl (C=O) groups is 2. The molecule has 7 heteroatoms. The molecule has 0 radical (unpaired) electrons. The molecule has 2 aromatic carbocycles. The molecular formula is C18H18BrN3O2S. The van der Waals surface area contributed by atoms with Gasteiger partial charge in [-0.2, -0.15) is 0 Å². The molecule has 0 spiro atoms. The molecule has 5 nitrogen and oxygen atoms in total. The van der Waals surface area contributed by atoms with Crippen LogP contribution in [-0.2, 0) is 4.79 Å². The maximum Gasteiger partial charge on any atom is 0.257 e. The molecule has 2 amide bonds. The fraction of sp³-hybridized carbons (Fsp3) is 0.167. The predicted molar refractivity (Wildman–Crippen MR) is 108 cm³/mol. The van der Waals surface area contributed by atoms with Gasteiger partial charge in [-0.3, -0.25) is 14.9 Å². The van der Waals surface area contributed by atoms with Crippen molar-refractivity contribution < 1.29 is 9.59 Å². The van der Waals surface area contributed by atoms with Crippen LogP contribution in [-0.4, -0.2) is 16.9 Å². The van der Waals surface area contributed by atoms with Gasteiger partial charge >= 0.3 is 0 Å². The van der Waals surface area contributed by atoms with Crippen LogP contribution >= 0.6 is 28.1 Å². The molecule has 0 aliphatic rings. The average Bonchev–Trinajstić information content (AvgIpc) is 2.56. The number of halogens is 1. The standard InChI is InChI=1S/C18H18BrN3O2S/c1-11(2)16(23)20-14-6-8-15(9-7-14)21-18(25)22-17(24)12-4-3-5-13(19)10-12/h3-11H,1-2H3,(H,20,23)(H2,21,22,24,25). The highest BCUT2D eigenvalue weighted by molar-refractivity contribution is 9.10. The van der Waals surface area contributed by atoms with Gasteiger partial charge in [-0.1, -0.05) is 35.8 Å². The monoisotopic (exact) mass is 419 g/mol. The number of hydrogen-bond donors (Lipinski definition) is 3. The first-order valence-electron chi connectivity index (χ1n) is 7.64. The van der Waals surface area contributed by atoms with Gasteiger partial charge < -0.3 is 10.6 Å². The number of anilines is 2. The Morgan fingerprint density at radius 1 is 1.00 bits per heavy atom. The number of amides is 2. The minimum Gasteiger partial charge on any atom is -0.332 e. The van der Waals surface area contributed by atoms with Gasteiger partial charge in [-0.15, -0.1) is 0 Å². The summed E-state index contributed by atoms with van der Waals surface area (Å²) in [6, 6.07) is 14.1. The van der Waals surface area contributed by atoms with E-state index >= 15 is 0 Å². The number of hydrogen-bond acceptors (Lipinski definition) is 3. The van der Waals surface area contributed by atoms with Crippen molar-refractivity contribution in [1.29, 1.82) is 0 Å². The van der Waals surface area contributed by atoms with Gasteiger partial charge in [0, 0.05) is 27.3 Å². The van der Waals surface area contributed by atoms with Gasteiger partial charge in [0.15, 0.2) is 5.11 Å². The highest BCUT2D eigenvalue weighted by Crippen LogP contribution is 2.15. The van der Waals surface area contributed by atoms with E-state index in [1.54, 1.807) is 42.5 Å². The van der Waals surface area contributed by atoms with Crippen molar-refractivity contribution in [2.24, 2.45) is 5.92 Å². The normalized spacial score (nSPS) is 10.2. The van der Waals surface area contributed by atoms with Gasteiger partial charge in [0.1, 0.15) is 0 Å². The van der Waals surface area contributed by atoms with Crippen molar-refractivity contribution in [3.8, 4) is 0 Å². The van der Waals surface area contributed by atoms with E-state index in [-0.39, 0.29) is 22.8 Å². The largest absolute Gasteiger partial charge is 0.332 e. The fourth-order valence-corrected chi connectivity index (χ4v) is 2.50. The summed E-state index contributed by atoms with van der Waals surface area (Å²) in [4.78, 5) is 23.8. The molecular weight excluding hydrogens is 402 g/mol. The minimum absolute atomic E-state index is 0.0440. The zero-order valence-electron chi connectivity index (χ0n) is 13.8. The van der Waals surface area contributed by atoms with E-state index in [0.29, 0.717) is 16.9 Å². The zero-order valence-corrected chi connectivity index (χ0v) is 16.2. The summed E-state index contributed by atoms with van der Waals surface area (Å²) < 4.78 is 0.818. The van der Waals surface area contributed by atoms with Gasteiger partial charge in [-0.05, 0) is 54.7 Å². The Bertz CT molecular complexity index is 791. The van der Waals surface area contributed by atoms with Crippen molar-refractivity contribution in [2.75, 3.05) is 10.6 Å². The number of carbonyl (C=O) groups excluding carboxylic acids is 2. The molecule has 0 saturated heterocycles. The summed E-state index contributed by atoms with van der Waals surface area (Å²) in [6.45, 7) is 3.66. The third kappa shape index (κ3) is 5.95. The molecule has 0 aliphatic carbocycles. The molecule has 25 heavy (non-hydrogen) atoms. The van der Waals surface area contributed by atoms with Crippen molar-refractivity contribution in [3.63, 3.8) is 0 Å². The first kappa shape index (κ1) is 19.1. The average molecular weight is 420 g/mol. The molecule has 2 aromatic rings. The topological polar surface area (TPSA) is 70.2 Å². The van der Waals surface area contributed by atoms with Gasteiger partial charge in [0.2, 0.25) is 5.91 Å². The van der Waals surface area contributed by atoms with Gasteiger partial charge in [0.25, 0.3) is 5.91 Å². The highest BCUT2D eigenvalue weighted by Gasteiger charge is 2.09. The number of rotatable bonds is 4. The summed E-state index contributed by atoms with van der Waals surface area (Å²) in [7, 11) is 0. The summed E-state index contributed by atoms with van der Waals surface area (Å²) in [6.07, 6.45) is 0. The number of benzene rings is 2. The van der Waals surface area contributed by atoms with E-state index in [1.807, 2.05) is 19.9 Å². The molecule has 3 N–H and O–H groups in total. The first-order valence-corrected chi connectivity index (χ1v) is 8.84. The lowest BCUT2D eigenvalue weighted by Crippen LogP contribution is -2.34. The molecule has 2 rings (SSSR count). The van der Waals surface area contributed by atoms with E-state index in [1.165, 1.54) is 0 Å². The molecule has 130 valence electrons. The van der Waals surface area contributed by atoms with Crippen LogP contribution in [0.1, 0.15) is 24.2 Å². The van der Waals surface area contributed by atoms with E-state index in [4.69, 9.17) is 12.2 Å². The van der Waals surface area contributed by atoms with E-state index < -0.39 is 0 Å². The lowest BCUT2D eigenvalue weighted by Gasteiger charge is -2.11. The van der Waals surface area contributed by atoms with Crippen LogP contribution < -0.4 is 16.0 Å². The van der Waals surface area contributed by atoms with Gasteiger partial charge in [-0.25, -0.2) is 0 Å². The molecule has 0 unspecified atom stereocenters. The first-order chi connectivity index (χ1) is 11.8. The third-order valence-electron chi connectivity index (χ3n) is 3.25. The zero-order chi connectivity index (χ0) is 18.4. The van der Waals surface area contributed by atoms with Crippen molar-refractivity contribution in [1.82, 2.24) is 5.32 Å². The molecule has 0 fully saturated rings. The highest BCUT2D eigenvalue weighted by atomic mass is 79.9. The van der Waals surface area contributed by atoms with Crippen LogP contribution in [0.2, 0.25) is 0 Å². The Labute approximate surface area is 160 Å². The smallest absolute Gasteiger partial charge is 0.257 e. The Kier molecular flexibility index (Phi) is 6.66. The van der Waals surface area contributed by atoms with Crippen LogP contribution in [0.25, 0.3) is 0 Å². The summed E-state index contributed by atoms with van der Waals surface area (Å²) in [5.74, 6) is -0.421. The second-order valence-corrected chi connectivity index (χ2v) is 6.96. The van der Waals surface area contributed by atoms with Crippen molar-refractivity contribution in [2.45, 2.75) is 13.8 Å². The van der Waals surface area contributed by atoms with Gasteiger partial charge in [0.05, 0.1) is 0 Å². The van der Waals surface area contributed by atoms with E-state index in [9.17, 15) is 9.59 Å². The number of thiocarbonyl (C=S) groups is 1. The Hall–Kier alpha value is -2.25. The maximum atomic E-state index is 12.1. The Morgan fingerprint density at radius 3 is 2.16 bits per heavy atom. The van der Waals surface area contributed by atoms with E-state index in [0.717, 1.165) is 4.47 Å². The number of nitrogens with one attached hydrogen (secondary N) is 3. The molecule has 0 aliphatic heterocycles. The Balaban J connectivity index is 1.92. The van der Waals surface area contributed by atoms with Crippen LogP contribution in [0.5, 0.6) is 0 Å². The van der Waals surface area contributed by atoms with Crippen molar-refractivity contribution in [3.05, 3.63) is 58.6 Å². The maximum absolute atomic E-state index is 12.1. The third-order valence-corrected chi connectivity index (χ3v) is 3.95.